The molecule has 1 amide bonds. The van der Waals surface area contributed by atoms with Gasteiger partial charge in [0.2, 0.25) is 5.91 Å². The van der Waals surface area contributed by atoms with Gasteiger partial charge in [-0.1, -0.05) is 0 Å². The van der Waals surface area contributed by atoms with E-state index in [0.717, 1.165) is 37.2 Å². The molecule has 0 radical (unpaired) electrons. The number of carbonyl (C=O) groups is 1. The first-order valence-corrected chi connectivity index (χ1v) is 7.45. The molecule has 5 heteroatoms. The summed E-state index contributed by atoms with van der Waals surface area (Å²) in [6, 6.07) is 0.242. The third-order valence-corrected chi connectivity index (χ3v) is 4.19. The van der Waals surface area contributed by atoms with E-state index < -0.39 is 10.8 Å². The highest BCUT2D eigenvalue weighted by Gasteiger charge is 2.18. The predicted molar refractivity (Wildman–Crippen MR) is 63.6 cm³/mol. The van der Waals surface area contributed by atoms with Crippen LogP contribution in [0.25, 0.3) is 0 Å². The van der Waals surface area contributed by atoms with Gasteiger partial charge in [0.05, 0.1) is 0 Å². The highest BCUT2D eigenvalue weighted by Crippen LogP contribution is 2.09. The lowest BCUT2D eigenvalue weighted by Crippen LogP contribution is -2.39. The summed E-state index contributed by atoms with van der Waals surface area (Å²) in [6.45, 7) is 0. The molecular weight excluding hydrogens is 234 g/mol. The van der Waals surface area contributed by atoms with E-state index in [0.29, 0.717) is 12.3 Å². The van der Waals surface area contributed by atoms with Gasteiger partial charge in [-0.25, -0.2) is 0 Å². The quantitative estimate of drug-likeness (QED) is 0.594. The van der Waals surface area contributed by atoms with Gasteiger partial charge in [-0.3, -0.25) is 9.00 Å². The zero-order valence-electron chi connectivity index (χ0n) is 8.84. The van der Waals surface area contributed by atoms with Crippen LogP contribution in [0.5, 0.6) is 0 Å². The molecule has 0 atom stereocenters. The minimum atomic E-state index is -0.651. The number of unbranched alkanes of at least 4 members (excludes halogenated alkanes) is 1. The fourth-order valence-corrected chi connectivity index (χ4v) is 3.11. The van der Waals surface area contributed by atoms with Crippen LogP contribution < -0.4 is 5.32 Å². The minimum Gasteiger partial charge on any atom is -0.353 e. The number of hydrogen-bond acceptors (Lipinski definition) is 2. The number of amides is 1. The monoisotopic (exact) mass is 251 g/mol. The summed E-state index contributed by atoms with van der Waals surface area (Å²) in [5, 5.41) is 2.98. The SMILES string of the molecule is O=C(CCCCCl)NC1CCS(=O)CC1. The Morgan fingerprint density at radius 3 is 2.60 bits per heavy atom. The largest absolute Gasteiger partial charge is 0.353 e. The number of carbonyl (C=O) groups excluding carboxylic acids is 1. The van der Waals surface area contributed by atoms with Gasteiger partial charge in [-0.2, -0.15) is 0 Å². The lowest BCUT2D eigenvalue weighted by atomic mass is 10.1. The minimum absolute atomic E-state index is 0.109. The van der Waals surface area contributed by atoms with Crippen LogP contribution in [0, 0.1) is 0 Å². The first-order chi connectivity index (χ1) is 7.22. The van der Waals surface area contributed by atoms with Gasteiger partial charge in [-0.15, -0.1) is 11.6 Å². The Morgan fingerprint density at radius 1 is 1.33 bits per heavy atom. The van der Waals surface area contributed by atoms with E-state index in [1.807, 2.05) is 0 Å². The van der Waals surface area contributed by atoms with Crippen LogP contribution in [0.4, 0.5) is 0 Å². The van der Waals surface area contributed by atoms with Crippen LogP contribution in [-0.4, -0.2) is 33.5 Å². The molecular formula is C10H18ClNO2S. The molecule has 1 fully saturated rings. The molecule has 0 aromatic rings. The molecule has 0 saturated carbocycles. The third-order valence-electron chi connectivity index (χ3n) is 2.54. The average molecular weight is 252 g/mol. The van der Waals surface area contributed by atoms with Crippen molar-refractivity contribution in [2.45, 2.75) is 38.1 Å². The fraction of sp³-hybridized carbons (Fsp3) is 0.900. The number of rotatable bonds is 5. The lowest BCUT2D eigenvalue weighted by Gasteiger charge is -2.22. The Kier molecular flexibility index (Phi) is 6.25. The number of hydrogen-bond donors (Lipinski definition) is 1. The molecule has 0 bridgehead atoms. The van der Waals surface area contributed by atoms with E-state index in [2.05, 4.69) is 5.32 Å². The summed E-state index contributed by atoms with van der Waals surface area (Å²) in [4.78, 5) is 11.4. The molecule has 0 unspecified atom stereocenters. The van der Waals surface area contributed by atoms with Crippen LogP contribution in [0.3, 0.4) is 0 Å². The highest BCUT2D eigenvalue weighted by atomic mass is 35.5. The molecule has 15 heavy (non-hydrogen) atoms. The number of alkyl halides is 1. The van der Waals surface area contributed by atoms with Gasteiger partial charge in [0.15, 0.2) is 0 Å². The second-order valence-corrected chi connectivity index (χ2v) is 5.91. The second-order valence-electron chi connectivity index (χ2n) is 3.84. The van der Waals surface area contributed by atoms with E-state index in [1.165, 1.54) is 0 Å². The number of nitrogens with one attached hydrogen (secondary N) is 1. The first kappa shape index (κ1) is 13.0. The van der Waals surface area contributed by atoms with E-state index in [1.54, 1.807) is 0 Å². The van der Waals surface area contributed by atoms with Crippen molar-refractivity contribution in [3.05, 3.63) is 0 Å². The summed E-state index contributed by atoms with van der Waals surface area (Å²) in [7, 11) is -0.651. The molecule has 1 rings (SSSR count). The van der Waals surface area contributed by atoms with Crippen molar-refractivity contribution >= 4 is 28.3 Å². The first-order valence-electron chi connectivity index (χ1n) is 5.42. The van der Waals surface area contributed by atoms with E-state index >= 15 is 0 Å². The van der Waals surface area contributed by atoms with Gasteiger partial charge >= 0.3 is 0 Å². The van der Waals surface area contributed by atoms with Gasteiger partial charge in [0.25, 0.3) is 0 Å². The van der Waals surface area contributed by atoms with Crippen molar-refractivity contribution in [2.75, 3.05) is 17.4 Å². The van der Waals surface area contributed by atoms with Crippen LogP contribution in [0.2, 0.25) is 0 Å². The molecule has 1 heterocycles. The topological polar surface area (TPSA) is 46.2 Å². The molecule has 0 aromatic heterocycles. The summed E-state index contributed by atoms with van der Waals surface area (Å²) >= 11 is 5.53. The van der Waals surface area contributed by atoms with Gasteiger partial charge in [0, 0.05) is 40.6 Å². The zero-order valence-corrected chi connectivity index (χ0v) is 10.4. The maximum atomic E-state index is 11.4. The molecule has 0 spiro atoms. The van der Waals surface area contributed by atoms with Crippen molar-refractivity contribution in [3.8, 4) is 0 Å². The van der Waals surface area contributed by atoms with E-state index in [9.17, 15) is 9.00 Å². The van der Waals surface area contributed by atoms with Crippen molar-refractivity contribution in [1.29, 1.82) is 0 Å². The van der Waals surface area contributed by atoms with E-state index in [-0.39, 0.29) is 11.9 Å². The summed E-state index contributed by atoms with van der Waals surface area (Å²) in [6.07, 6.45) is 4.02. The van der Waals surface area contributed by atoms with Crippen molar-refractivity contribution in [3.63, 3.8) is 0 Å². The van der Waals surface area contributed by atoms with Crippen molar-refractivity contribution < 1.29 is 9.00 Å². The summed E-state index contributed by atoms with van der Waals surface area (Å²) in [5.41, 5.74) is 0. The predicted octanol–water partition coefficient (Wildman–Crippen LogP) is 1.42. The Labute approximate surface area is 98.4 Å². The van der Waals surface area contributed by atoms with Crippen molar-refractivity contribution in [2.24, 2.45) is 0 Å². The summed E-state index contributed by atoms with van der Waals surface area (Å²) in [5.74, 6) is 2.19. The maximum Gasteiger partial charge on any atom is 0.220 e. The highest BCUT2D eigenvalue weighted by molar-refractivity contribution is 7.85. The normalized spacial score (nSPS) is 26.2. The Bertz CT molecular complexity index is 225. The van der Waals surface area contributed by atoms with Crippen LogP contribution in [-0.2, 0) is 15.6 Å². The molecule has 3 nitrogen and oxygen atoms in total. The molecule has 1 aliphatic heterocycles. The molecule has 1 N–H and O–H groups in total. The third kappa shape index (κ3) is 5.52. The van der Waals surface area contributed by atoms with Crippen LogP contribution >= 0.6 is 11.6 Å². The van der Waals surface area contributed by atoms with E-state index in [4.69, 9.17) is 11.6 Å². The lowest BCUT2D eigenvalue weighted by molar-refractivity contribution is -0.121. The standard InChI is InChI=1S/C10H18ClNO2S/c11-6-2-1-3-10(13)12-9-4-7-15(14)8-5-9/h9H,1-8H2,(H,12,13). The maximum absolute atomic E-state index is 11.4. The van der Waals surface area contributed by atoms with Crippen LogP contribution in [0.15, 0.2) is 0 Å². The Morgan fingerprint density at radius 2 is 2.00 bits per heavy atom. The second kappa shape index (κ2) is 7.23. The summed E-state index contributed by atoms with van der Waals surface area (Å²) < 4.78 is 11.1. The smallest absolute Gasteiger partial charge is 0.220 e. The molecule has 0 aromatic carbocycles. The zero-order chi connectivity index (χ0) is 11.1. The average Bonchev–Trinajstić information content (AvgIpc) is 2.22. The number of halogens is 1. The molecule has 1 saturated heterocycles. The molecule has 0 aliphatic carbocycles. The van der Waals surface area contributed by atoms with Gasteiger partial charge < -0.3 is 5.32 Å². The Hall–Kier alpha value is -0.0900. The molecule has 1 aliphatic rings. The van der Waals surface area contributed by atoms with Crippen molar-refractivity contribution in [1.82, 2.24) is 5.32 Å². The molecule has 88 valence electrons. The van der Waals surface area contributed by atoms with Gasteiger partial charge in [0.1, 0.15) is 0 Å². The van der Waals surface area contributed by atoms with Gasteiger partial charge in [-0.05, 0) is 25.7 Å². The Balaban J connectivity index is 2.12. The van der Waals surface area contributed by atoms with Crippen LogP contribution in [0.1, 0.15) is 32.1 Å². The fourth-order valence-electron chi connectivity index (χ4n) is 1.62.